The van der Waals surface area contributed by atoms with Crippen molar-refractivity contribution < 1.29 is 87.8 Å². The monoisotopic (exact) mass is 695 g/mol. The third-order valence-electron chi connectivity index (χ3n) is 6.71. The van der Waals surface area contributed by atoms with Gasteiger partial charge in [0.05, 0.1) is 0 Å². The van der Waals surface area contributed by atoms with E-state index >= 15 is 35.1 Å². The van der Waals surface area contributed by atoms with Gasteiger partial charge in [0.25, 0.3) is 0 Å². The quantitative estimate of drug-likeness (QED) is 0.109. The van der Waals surface area contributed by atoms with Crippen molar-refractivity contribution in [2.75, 3.05) is 0 Å². The topological polar surface area (TPSA) is 0 Å². The molecular formula is C24AlF20-. The van der Waals surface area contributed by atoms with Gasteiger partial charge in [0.1, 0.15) is 46.5 Å². The number of hydrogen-bond donors (Lipinski definition) is 0. The van der Waals surface area contributed by atoms with Crippen LogP contribution in [0.1, 0.15) is 0 Å². The van der Waals surface area contributed by atoms with Gasteiger partial charge in [-0.2, -0.15) is 0 Å². The van der Waals surface area contributed by atoms with E-state index in [1.165, 1.54) is 0 Å². The van der Waals surface area contributed by atoms with Gasteiger partial charge < -0.3 is 0 Å². The number of hydrogen-bond acceptors (Lipinski definition) is 0. The van der Waals surface area contributed by atoms with Crippen LogP contribution in [0.2, 0.25) is 0 Å². The van der Waals surface area contributed by atoms with Crippen LogP contribution >= 0.6 is 0 Å². The summed E-state index contributed by atoms with van der Waals surface area (Å²) in [6.07, 6.45) is 0. The van der Waals surface area contributed by atoms with Crippen molar-refractivity contribution in [1.82, 2.24) is 0 Å². The minimum absolute atomic E-state index is 3.33. The maximum Gasteiger partial charge on any atom is 0.300 e. The first-order valence-electron chi connectivity index (χ1n) is 10.9. The molecule has 0 bridgehead atoms. The van der Waals surface area contributed by atoms with Gasteiger partial charge in [-0.05, 0) is 0 Å². The predicted molar refractivity (Wildman–Crippen MR) is 109 cm³/mol. The number of halogens is 20. The Morgan fingerprint density at radius 3 is 0.356 bits per heavy atom. The predicted octanol–water partition coefficient (Wildman–Crippen LogP) is 5.85. The average molecular weight is 695 g/mol. The second-order valence-electron chi connectivity index (χ2n) is 8.80. The first-order chi connectivity index (χ1) is 20.7. The van der Waals surface area contributed by atoms with Crippen LogP contribution in [-0.2, 0) is 0 Å². The average Bonchev–Trinajstić information content (AvgIpc) is 3.00. The van der Waals surface area contributed by atoms with E-state index in [0.29, 0.717) is 0 Å². The highest BCUT2D eigenvalue weighted by atomic mass is 27.2. The Labute approximate surface area is 235 Å². The van der Waals surface area contributed by atoms with Gasteiger partial charge in [-0.15, -0.1) is 17.7 Å². The molecule has 0 fully saturated rings. The molecule has 0 N–H and O–H groups in total. The normalized spacial score (nSPS) is 12.0. The standard InChI is InChI=1S/4C6F5.Al/c4*7-2-1-3(8)5(10)6(11)4(2)9;/q;;;;-1. The maximum atomic E-state index is 15.4. The third kappa shape index (κ3) is 4.30. The fraction of sp³-hybridized carbons (Fsp3) is 0. The van der Waals surface area contributed by atoms with E-state index in [1.807, 2.05) is 0 Å². The minimum Gasteiger partial charge on any atom is -0.208 e. The first kappa shape index (κ1) is 33.9. The molecule has 4 aromatic rings. The highest BCUT2D eigenvalue weighted by Gasteiger charge is 2.55. The smallest absolute Gasteiger partial charge is 0.208 e. The van der Waals surface area contributed by atoms with Gasteiger partial charge in [0, 0.05) is 0 Å². The zero-order chi connectivity index (χ0) is 34.4. The van der Waals surface area contributed by atoms with E-state index in [9.17, 15) is 52.7 Å². The fourth-order valence-electron chi connectivity index (χ4n) is 4.87. The summed E-state index contributed by atoms with van der Waals surface area (Å²) in [6.45, 7) is 0. The summed E-state index contributed by atoms with van der Waals surface area (Å²) in [4.78, 5) is 0. The molecule has 4 rings (SSSR count). The van der Waals surface area contributed by atoms with Crippen LogP contribution < -0.4 is 17.7 Å². The molecule has 240 valence electrons. The molecule has 0 saturated heterocycles. The van der Waals surface area contributed by atoms with Crippen LogP contribution in [0.3, 0.4) is 0 Å². The van der Waals surface area contributed by atoms with Crippen molar-refractivity contribution in [3.63, 3.8) is 0 Å². The van der Waals surface area contributed by atoms with Gasteiger partial charge in [-0.25, -0.2) is 87.8 Å². The van der Waals surface area contributed by atoms with Crippen molar-refractivity contribution in [2.45, 2.75) is 0 Å². The molecule has 0 unspecified atom stereocenters. The molecule has 0 amide bonds. The summed E-state index contributed by atoms with van der Waals surface area (Å²) in [6, 6.07) is 0. The molecule has 45 heavy (non-hydrogen) atoms. The lowest BCUT2D eigenvalue weighted by atomic mass is 10.2. The van der Waals surface area contributed by atoms with Crippen molar-refractivity contribution >= 4 is 30.8 Å². The lowest BCUT2D eigenvalue weighted by molar-refractivity contribution is 0.378. The van der Waals surface area contributed by atoms with Crippen molar-refractivity contribution in [3.05, 3.63) is 116 Å². The highest BCUT2D eigenvalue weighted by Crippen LogP contribution is 2.30. The molecule has 4 aromatic carbocycles. The molecule has 0 saturated carbocycles. The largest absolute Gasteiger partial charge is 0.300 e. The molecule has 0 nitrogen and oxygen atoms in total. The van der Waals surface area contributed by atoms with Crippen molar-refractivity contribution in [3.8, 4) is 0 Å². The van der Waals surface area contributed by atoms with Crippen LogP contribution in [-0.4, -0.2) is 13.1 Å². The van der Waals surface area contributed by atoms with Gasteiger partial charge >= 0.3 is 13.1 Å². The van der Waals surface area contributed by atoms with Gasteiger partial charge in [-0.1, -0.05) is 0 Å². The zero-order valence-corrected chi connectivity index (χ0v) is 21.3. The molecule has 0 atom stereocenters. The minimum atomic E-state index is -9.08. The third-order valence-corrected chi connectivity index (χ3v) is 12.2. The van der Waals surface area contributed by atoms with Crippen LogP contribution in [0.25, 0.3) is 0 Å². The van der Waals surface area contributed by atoms with E-state index in [4.69, 9.17) is 0 Å². The second-order valence-corrected chi connectivity index (χ2v) is 12.8. The number of rotatable bonds is 4. The maximum absolute atomic E-state index is 15.4. The molecule has 0 aliphatic carbocycles. The summed E-state index contributed by atoms with van der Waals surface area (Å²) >= 11 is -9.08. The molecule has 0 aliphatic rings. The van der Waals surface area contributed by atoms with Crippen LogP contribution in [0.5, 0.6) is 0 Å². The number of benzene rings is 4. The highest BCUT2D eigenvalue weighted by molar-refractivity contribution is 7.20. The first-order valence-corrected chi connectivity index (χ1v) is 13.2. The van der Waals surface area contributed by atoms with Crippen LogP contribution in [0.15, 0.2) is 0 Å². The summed E-state index contributed by atoms with van der Waals surface area (Å²) < 4.78 is 280. The van der Waals surface area contributed by atoms with E-state index in [2.05, 4.69) is 0 Å². The van der Waals surface area contributed by atoms with Crippen LogP contribution in [0.4, 0.5) is 87.8 Å². The molecular weight excluding hydrogens is 695 g/mol. The van der Waals surface area contributed by atoms with E-state index < -0.39 is 147 Å². The Hall–Kier alpha value is -3.99. The van der Waals surface area contributed by atoms with Crippen molar-refractivity contribution in [1.29, 1.82) is 0 Å². The van der Waals surface area contributed by atoms with Gasteiger partial charge in [0.15, 0.2) is 69.8 Å². The Balaban J connectivity index is 2.69. The fourth-order valence-corrected chi connectivity index (χ4v) is 10.7. The summed E-state index contributed by atoms with van der Waals surface area (Å²) in [5.41, 5.74) is 0. The lowest BCUT2D eigenvalue weighted by Crippen LogP contribution is -2.81. The Kier molecular flexibility index (Phi) is 8.37. The van der Waals surface area contributed by atoms with Crippen LogP contribution in [0, 0.1) is 116 Å². The Morgan fingerprint density at radius 2 is 0.244 bits per heavy atom. The van der Waals surface area contributed by atoms with E-state index in [0.717, 1.165) is 0 Å². The van der Waals surface area contributed by atoms with Gasteiger partial charge in [0.2, 0.25) is 0 Å². The molecule has 0 radical (unpaired) electrons. The Bertz CT molecular complexity index is 1570. The lowest BCUT2D eigenvalue weighted by Gasteiger charge is -2.42. The molecule has 0 heterocycles. The van der Waals surface area contributed by atoms with Crippen molar-refractivity contribution in [2.24, 2.45) is 0 Å². The van der Waals surface area contributed by atoms with E-state index in [1.54, 1.807) is 0 Å². The summed E-state index contributed by atoms with van der Waals surface area (Å²) in [7, 11) is 0. The molecule has 21 heteroatoms. The summed E-state index contributed by atoms with van der Waals surface area (Å²) in [5.74, 6) is -70.8. The Morgan fingerprint density at radius 1 is 0.156 bits per heavy atom. The molecule has 0 aromatic heterocycles. The second kappa shape index (κ2) is 11.1. The van der Waals surface area contributed by atoms with E-state index in [-0.39, 0.29) is 0 Å². The molecule has 0 spiro atoms. The zero-order valence-electron chi connectivity index (χ0n) is 20.1. The SMILES string of the molecule is Fc1c(F)c(F)[c]([Al-]([c]2c(F)c(F)c(F)c(F)c2F)([c]2c(F)c(F)c(F)c(F)c2F)[c]2c(F)c(F)c(F)c(F)c2F)c(F)c1F. The summed E-state index contributed by atoms with van der Waals surface area (Å²) in [5, 5.41) is 0. The molecule has 0 aliphatic heterocycles. The van der Waals surface area contributed by atoms with Gasteiger partial charge in [-0.3, -0.25) is 0 Å².